The van der Waals surface area contributed by atoms with Crippen LogP contribution in [0.2, 0.25) is 0 Å². The number of esters is 1. The molecular weight excluding hydrogens is 389 g/mol. The summed E-state index contributed by atoms with van der Waals surface area (Å²) in [4.78, 5) is 12.4. The number of halogens is 4. The number of alkyl halides is 3. The van der Waals surface area contributed by atoms with E-state index in [1.807, 2.05) is 54.6 Å². The number of hydrogen-bond donors (Lipinski definition) is 0. The van der Waals surface area contributed by atoms with E-state index in [-0.39, 0.29) is 6.61 Å². The third-order valence-corrected chi connectivity index (χ3v) is 5.52. The van der Waals surface area contributed by atoms with Crippen LogP contribution in [0.25, 0.3) is 11.1 Å². The standard InChI is InChI=1S/C22H20ClF3O2/c1-21(2)17(12-18(23)22(24,25)26)19(21)20(27)28-13-14-7-6-10-16(11-14)15-8-4-3-5-9-15/h3-12,17,19H,13H2,1-2H3/t17-,19-/m1/s1. The van der Waals surface area contributed by atoms with Crippen molar-refractivity contribution < 1.29 is 22.7 Å². The zero-order valence-electron chi connectivity index (χ0n) is 15.5. The van der Waals surface area contributed by atoms with Crippen LogP contribution in [0.5, 0.6) is 0 Å². The van der Waals surface area contributed by atoms with Gasteiger partial charge in [-0.25, -0.2) is 0 Å². The van der Waals surface area contributed by atoms with Crippen molar-refractivity contribution in [1.29, 1.82) is 0 Å². The molecule has 1 fully saturated rings. The minimum Gasteiger partial charge on any atom is -0.461 e. The summed E-state index contributed by atoms with van der Waals surface area (Å²) in [6.45, 7) is 3.53. The van der Waals surface area contributed by atoms with Gasteiger partial charge in [0.15, 0.2) is 0 Å². The highest BCUT2D eigenvalue weighted by atomic mass is 35.5. The van der Waals surface area contributed by atoms with Gasteiger partial charge in [-0.05, 0) is 34.1 Å². The number of rotatable bonds is 5. The average molecular weight is 409 g/mol. The zero-order valence-corrected chi connectivity index (χ0v) is 16.2. The van der Waals surface area contributed by atoms with Crippen LogP contribution in [-0.2, 0) is 16.1 Å². The lowest BCUT2D eigenvalue weighted by atomic mass is 10.0. The SMILES string of the molecule is CC1(C)[C@H](C=C(Cl)C(F)(F)F)[C@@H]1C(=O)OCc1cccc(-c2ccccc2)c1. The van der Waals surface area contributed by atoms with Crippen LogP contribution in [0.1, 0.15) is 19.4 Å². The van der Waals surface area contributed by atoms with Gasteiger partial charge < -0.3 is 4.74 Å². The number of carbonyl (C=O) groups is 1. The number of allylic oxidation sites excluding steroid dienone is 2. The van der Waals surface area contributed by atoms with E-state index in [0.717, 1.165) is 22.8 Å². The van der Waals surface area contributed by atoms with Crippen LogP contribution in [-0.4, -0.2) is 12.1 Å². The minimum atomic E-state index is -4.60. The molecule has 148 valence electrons. The van der Waals surface area contributed by atoms with Crippen molar-refractivity contribution in [3.63, 3.8) is 0 Å². The summed E-state index contributed by atoms with van der Waals surface area (Å²) >= 11 is 5.32. The molecular formula is C22H20ClF3O2. The highest BCUT2D eigenvalue weighted by Crippen LogP contribution is 2.60. The van der Waals surface area contributed by atoms with E-state index in [1.165, 1.54) is 0 Å². The topological polar surface area (TPSA) is 26.3 Å². The molecule has 0 aliphatic heterocycles. The van der Waals surface area contributed by atoms with Crippen LogP contribution in [0.4, 0.5) is 13.2 Å². The molecule has 1 aliphatic carbocycles. The zero-order chi connectivity index (χ0) is 20.5. The average Bonchev–Trinajstić information content (AvgIpc) is 3.20. The lowest BCUT2D eigenvalue weighted by molar-refractivity contribution is -0.147. The number of ether oxygens (including phenoxy) is 1. The van der Waals surface area contributed by atoms with E-state index < -0.39 is 34.4 Å². The van der Waals surface area contributed by atoms with Crippen LogP contribution in [0.15, 0.2) is 65.7 Å². The van der Waals surface area contributed by atoms with Crippen molar-refractivity contribution in [3.05, 3.63) is 71.3 Å². The van der Waals surface area contributed by atoms with E-state index in [9.17, 15) is 18.0 Å². The number of benzene rings is 2. The largest absolute Gasteiger partial charge is 0.461 e. The van der Waals surface area contributed by atoms with Crippen molar-refractivity contribution in [2.45, 2.75) is 26.6 Å². The molecule has 2 aromatic carbocycles. The summed E-state index contributed by atoms with van der Waals surface area (Å²) < 4.78 is 43.3. The number of carbonyl (C=O) groups excluding carboxylic acids is 1. The molecule has 0 bridgehead atoms. The van der Waals surface area contributed by atoms with Crippen LogP contribution in [0.3, 0.4) is 0 Å². The van der Waals surface area contributed by atoms with Crippen LogP contribution < -0.4 is 0 Å². The highest BCUT2D eigenvalue weighted by Gasteiger charge is 2.62. The summed E-state index contributed by atoms with van der Waals surface area (Å²) in [5.41, 5.74) is 2.24. The minimum absolute atomic E-state index is 0.0650. The van der Waals surface area contributed by atoms with Gasteiger partial charge in [-0.2, -0.15) is 13.2 Å². The quantitative estimate of drug-likeness (QED) is 0.538. The summed E-state index contributed by atoms with van der Waals surface area (Å²) in [6.07, 6.45) is -3.68. The van der Waals surface area contributed by atoms with Gasteiger partial charge in [-0.15, -0.1) is 0 Å². The Bertz CT molecular complexity index is 888. The fourth-order valence-electron chi connectivity index (χ4n) is 3.41. The molecule has 28 heavy (non-hydrogen) atoms. The van der Waals surface area contributed by atoms with Crippen molar-refractivity contribution in [2.75, 3.05) is 0 Å². The summed E-state index contributed by atoms with van der Waals surface area (Å²) in [5, 5.41) is -1.20. The van der Waals surface area contributed by atoms with Gasteiger partial charge in [0.25, 0.3) is 0 Å². The van der Waals surface area contributed by atoms with Gasteiger partial charge in [0.1, 0.15) is 11.6 Å². The van der Waals surface area contributed by atoms with Gasteiger partial charge >= 0.3 is 12.1 Å². The van der Waals surface area contributed by atoms with Gasteiger partial charge in [-0.1, -0.05) is 80.1 Å². The smallest absolute Gasteiger partial charge is 0.426 e. The van der Waals surface area contributed by atoms with E-state index in [2.05, 4.69) is 0 Å². The van der Waals surface area contributed by atoms with Crippen molar-refractivity contribution in [3.8, 4) is 11.1 Å². The summed E-state index contributed by atoms with van der Waals surface area (Å²) in [6, 6.07) is 17.4. The Morgan fingerprint density at radius 2 is 1.75 bits per heavy atom. The molecule has 0 spiro atoms. The molecule has 6 heteroatoms. The molecule has 0 radical (unpaired) electrons. The Morgan fingerprint density at radius 3 is 2.39 bits per heavy atom. The Balaban J connectivity index is 1.65. The van der Waals surface area contributed by atoms with Gasteiger partial charge in [0, 0.05) is 0 Å². The molecule has 1 saturated carbocycles. The molecule has 1 aliphatic rings. The second-order valence-electron chi connectivity index (χ2n) is 7.51. The molecule has 2 aromatic rings. The second-order valence-corrected chi connectivity index (χ2v) is 7.92. The summed E-state index contributed by atoms with van der Waals surface area (Å²) in [7, 11) is 0. The summed E-state index contributed by atoms with van der Waals surface area (Å²) in [5.74, 6) is -1.74. The van der Waals surface area contributed by atoms with Crippen LogP contribution >= 0.6 is 11.6 Å². The second kappa shape index (κ2) is 7.63. The third kappa shape index (κ3) is 4.41. The third-order valence-electron chi connectivity index (χ3n) is 5.18. The first-order valence-corrected chi connectivity index (χ1v) is 9.24. The molecule has 0 amide bonds. The predicted octanol–water partition coefficient (Wildman–Crippen LogP) is 6.35. The molecule has 2 atom stereocenters. The fraction of sp³-hybridized carbons (Fsp3) is 0.318. The van der Waals surface area contributed by atoms with Crippen molar-refractivity contribution in [2.24, 2.45) is 17.3 Å². The maximum absolute atomic E-state index is 12.6. The normalized spacial score (nSPS) is 21.3. The Morgan fingerprint density at radius 1 is 1.11 bits per heavy atom. The molecule has 3 rings (SSSR count). The number of hydrogen-bond acceptors (Lipinski definition) is 2. The Hall–Kier alpha value is -2.27. The first kappa shape index (κ1) is 20.5. The Labute approximate surface area is 167 Å². The van der Waals surface area contributed by atoms with E-state index in [0.29, 0.717) is 0 Å². The van der Waals surface area contributed by atoms with E-state index in [4.69, 9.17) is 16.3 Å². The molecule has 0 heterocycles. The van der Waals surface area contributed by atoms with E-state index in [1.54, 1.807) is 13.8 Å². The van der Waals surface area contributed by atoms with E-state index >= 15 is 0 Å². The van der Waals surface area contributed by atoms with Crippen molar-refractivity contribution in [1.82, 2.24) is 0 Å². The fourth-order valence-corrected chi connectivity index (χ4v) is 3.54. The van der Waals surface area contributed by atoms with Gasteiger partial charge in [0.05, 0.1) is 5.92 Å². The highest BCUT2D eigenvalue weighted by molar-refractivity contribution is 6.30. The maximum atomic E-state index is 12.6. The molecule has 0 aromatic heterocycles. The first-order chi connectivity index (χ1) is 13.1. The van der Waals surface area contributed by atoms with Crippen molar-refractivity contribution >= 4 is 17.6 Å². The molecule has 0 unspecified atom stereocenters. The van der Waals surface area contributed by atoms with Gasteiger partial charge in [-0.3, -0.25) is 4.79 Å². The van der Waals surface area contributed by atoms with Gasteiger partial charge in [0.2, 0.25) is 0 Å². The van der Waals surface area contributed by atoms with Crippen LogP contribution in [0, 0.1) is 17.3 Å². The first-order valence-electron chi connectivity index (χ1n) is 8.86. The lowest BCUT2D eigenvalue weighted by Gasteiger charge is -2.08. The molecule has 2 nitrogen and oxygen atoms in total. The lowest BCUT2D eigenvalue weighted by Crippen LogP contribution is -2.11. The molecule has 0 N–H and O–H groups in total. The monoisotopic (exact) mass is 408 g/mol. The maximum Gasteiger partial charge on any atom is 0.426 e. The predicted molar refractivity (Wildman–Crippen MR) is 102 cm³/mol. The Kier molecular flexibility index (Phi) is 5.57. The molecule has 0 saturated heterocycles.